The Morgan fingerprint density at radius 3 is 2.84 bits per heavy atom. The lowest BCUT2D eigenvalue weighted by Crippen LogP contribution is -2.15. The minimum atomic E-state index is -0.602. The van der Waals surface area contributed by atoms with E-state index in [0.717, 1.165) is 17.3 Å². The second-order valence-electron chi connectivity index (χ2n) is 6.47. The maximum atomic E-state index is 12.5. The smallest absolute Gasteiger partial charge is 0.294 e. The summed E-state index contributed by atoms with van der Waals surface area (Å²) in [6.45, 7) is 0.358. The van der Waals surface area contributed by atoms with E-state index >= 15 is 0 Å². The normalized spacial score (nSPS) is 10.8. The molecule has 1 N–H and O–H groups in total. The summed E-state index contributed by atoms with van der Waals surface area (Å²) in [5, 5.41) is 22.9. The monoisotopic (exact) mass is 470 g/mol. The molecule has 10 nitrogen and oxygen atoms in total. The van der Waals surface area contributed by atoms with Gasteiger partial charge in [-0.15, -0.1) is 10.2 Å². The standard InChI is InChI=1S/C20H15ClN6O4S/c21-14-5-6-16(17(9-14)27(29)30)23-18(28)12-32-20-25-24-19(13-3-1-7-22-10-13)26(20)11-15-4-2-8-31-15/h1-10H,11-12H2,(H,23,28). The van der Waals surface area contributed by atoms with Crippen molar-refractivity contribution in [3.8, 4) is 11.4 Å². The minimum absolute atomic E-state index is 0.0386. The molecule has 0 spiro atoms. The third-order valence-corrected chi connectivity index (χ3v) is 5.50. The van der Waals surface area contributed by atoms with Crippen LogP contribution in [0.1, 0.15) is 5.76 Å². The lowest BCUT2D eigenvalue weighted by molar-refractivity contribution is -0.383. The second kappa shape index (κ2) is 9.62. The molecule has 3 heterocycles. The van der Waals surface area contributed by atoms with Gasteiger partial charge in [0.1, 0.15) is 11.4 Å². The molecule has 32 heavy (non-hydrogen) atoms. The lowest BCUT2D eigenvalue weighted by Gasteiger charge is -2.09. The van der Waals surface area contributed by atoms with Gasteiger partial charge in [-0.2, -0.15) is 0 Å². The maximum absolute atomic E-state index is 12.5. The number of nitrogens with zero attached hydrogens (tertiary/aromatic N) is 5. The molecule has 0 aliphatic rings. The lowest BCUT2D eigenvalue weighted by atomic mass is 10.2. The molecular weight excluding hydrogens is 456 g/mol. The van der Waals surface area contributed by atoms with E-state index in [9.17, 15) is 14.9 Å². The van der Waals surface area contributed by atoms with Crippen LogP contribution in [0, 0.1) is 10.1 Å². The van der Waals surface area contributed by atoms with Crippen molar-refractivity contribution in [2.24, 2.45) is 0 Å². The van der Waals surface area contributed by atoms with Crippen LogP contribution < -0.4 is 5.32 Å². The first-order valence-corrected chi connectivity index (χ1v) is 10.6. The van der Waals surface area contributed by atoms with Gasteiger partial charge in [0, 0.05) is 29.0 Å². The molecule has 0 aliphatic carbocycles. The van der Waals surface area contributed by atoms with Gasteiger partial charge in [0.2, 0.25) is 5.91 Å². The van der Waals surface area contributed by atoms with E-state index in [2.05, 4.69) is 20.5 Å². The molecule has 1 aromatic carbocycles. The predicted octanol–water partition coefficient (Wildman–Crippen LogP) is 4.27. The highest BCUT2D eigenvalue weighted by atomic mass is 35.5. The van der Waals surface area contributed by atoms with Crippen molar-refractivity contribution >= 4 is 40.6 Å². The summed E-state index contributed by atoms with van der Waals surface area (Å²) < 4.78 is 7.27. The summed E-state index contributed by atoms with van der Waals surface area (Å²) >= 11 is 6.96. The molecule has 0 aliphatic heterocycles. The van der Waals surface area contributed by atoms with Crippen molar-refractivity contribution in [1.82, 2.24) is 19.7 Å². The van der Waals surface area contributed by atoms with Gasteiger partial charge in [0.05, 0.1) is 23.5 Å². The first-order chi connectivity index (χ1) is 15.5. The van der Waals surface area contributed by atoms with E-state index in [1.165, 1.54) is 18.2 Å². The largest absolute Gasteiger partial charge is 0.467 e. The van der Waals surface area contributed by atoms with Gasteiger partial charge in [0.25, 0.3) is 5.69 Å². The van der Waals surface area contributed by atoms with Crippen LogP contribution in [0.4, 0.5) is 11.4 Å². The molecule has 0 atom stereocenters. The molecule has 0 fully saturated rings. The van der Waals surface area contributed by atoms with Crippen LogP contribution in [0.3, 0.4) is 0 Å². The minimum Gasteiger partial charge on any atom is -0.467 e. The van der Waals surface area contributed by atoms with Gasteiger partial charge < -0.3 is 9.73 Å². The molecule has 0 saturated carbocycles. The van der Waals surface area contributed by atoms with Crippen LogP contribution in [0.15, 0.2) is 70.7 Å². The Labute approximate surface area is 190 Å². The molecular formula is C20H15ClN6O4S. The van der Waals surface area contributed by atoms with Gasteiger partial charge in [-0.3, -0.25) is 24.5 Å². The number of pyridine rings is 1. The van der Waals surface area contributed by atoms with Crippen molar-refractivity contribution in [2.75, 3.05) is 11.1 Å². The van der Waals surface area contributed by atoms with Crippen LogP contribution in [-0.2, 0) is 11.3 Å². The first-order valence-electron chi connectivity index (χ1n) is 9.24. The molecule has 0 unspecified atom stereocenters. The molecule has 1 amide bonds. The number of hydrogen-bond acceptors (Lipinski definition) is 8. The van der Waals surface area contributed by atoms with Crippen molar-refractivity contribution < 1.29 is 14.1 Å². The second-order valence-corrected chi connectivity index (χ2v) is 7.85. The summed E-state index contributed by atoms with van der Waals surface area (Å²) in [7, 11) is 0. The number of nitro benzene ring substituents is 1. The topological polar surface area (TPSA) is 129 Å². The average molecular weight is 471 g/mol. The van der Waals surface area contributed by atoms with Crippen molar-refractivity contribution in [2.45, 2.75) is 11.7 Å². The van der Waals surface area contributed by atoms with Gasteiger partial charge in [-0.05, 0) is 36.4 Å². The zero-order chi connectivity index (χ0) is 22.5. The number of rotatable bonds is 8. The van der Waals surface area contributed by atoms with E-state index in [4.69, 9.17) is 16.0 Å². The molecule has 3 aromatic heterocycles. The van der Waals surface area contributed by atoms with Crippen LogP contribution in [0.25, 0.3) is 11.4 Å². The molecule has 4 rings (SSSR count). The van der Waals surface area contributed by atoms with Crippen LogP contribution in [-0.4, -0.2) is 36.3 Å². The van der Waals surface area contributed by atoms with E-state index in [-0.39, 0.29) is 22.2 Å². The summed E-state index contributed by atoms with van der Waals surface area (Å²) in [5.74, 6) is 0.794. The molecule has 4 aromatic rings. The number of furan rings is 1. The number of hydrogen-bond donors (Lipinski definition) is 1. The van der Waals surface area contributed by atoms with Gasteiger partial charge >= 0.3 is 0 Å². The fourth-order valence-electron chi connectivity index (χ4n) is 2.88. The van der Waals surface area contributed by atoms with Crippen LogP contribution in [0.5, 0.6) is 0 Å². The fraction of sp³-hybridized carbons (Fsp3) is 0.100. The number of carbonyl (C=O) groups excluding carboxylic acids is 1. The van der Waals surface area contributed by atoms with E-state index in [1.807, 2.05) is 16.7 Å². The van der Waals surface area contributed by atoms with Crippen molar-refractivity contribution in [3.05, 3.63) is 82.0 Å². The highest BCUT2D eigenvalue weighted by molar-refractivity contribution is 7.99. The number of nitrogens with one attached hydrogen (secondary N) is 1. The van der Waals surface area contributed by atoms with E-state index < -0.39 is 10.8 Å². The molecule has 0 radical (unpaired) electrons. The van der Waals surface area contributed by atoms with Crippen LogP contribution in [0.2, 0.25) is 5.02 Å². The number of thioether (sulfide) groups is 1. The fourth-order valence-corrected chi connectivity index (χ4v) is 3.79. The number of nitro groups is 1. The third kappa shape index (κ3) is 4.95. The maximum Gasteiger partial charge on any atom is 0.294 e. The highest BCUT2D eigenvalue weighted by Gasteiger charge is 2.19. The summed E-state index contributed by atoms with van der Waals surface area (Å²) in [6.07, 6.45) is 4.90. The Kier molecular flexibility index (Phi) is 6.47. The summed E-state index contributed by atoms with van der Waals surface area (Å²) in [5.41, 5.74) is 0.549. The Bertz CT molecular complexity index is 1250. The van der Waals surface area contributed by atoms with Crippen molar-refractivity contribution in [1.29, 1.82) is 0 Å². The predicted molar refractivity (Wildman–Crippen MR) is 119 cm³/mol. The third-order valence-electron chi connectivity index (χ3n) is 4.29. The number of halogens is 1. The number of aromatic nitrogens is 4. The van der Waals surface area contributed by atoms with Crippen LogP contribution >= 0.6 is 23.4 Å². The number of amides is 1. The van der Waals surface area contributed by atoms with Gasteiger partial charge in [0.15, 0.2) is 11.0 Å². The number of carbonyl (C=O) groups is 1. The number of benzene rings is 1. The summed E-state index contributed by atoms with van der Waals surface area (Å²) in [6, 6.07) is 11.3. The van der Waals surface area contributed by atoms with Crippen molar-refractivity contribution in [3.63, 3.8) is 0 Å². The van der Waals surface area contributed by atoms with E-state index in [1.54, 1.807) is 30.8 Å². The van der Waals surface area contributed by atoms with Gasteiger partial charge in [-0.25, -0.2) is 0 Å². The Morgan fingerprint density at radius 1 is 1.25 bits per heavy atom. The summed E-state index contributed by atoms with van der Waals surface area (Å²) in [4.78, 5) is 27.2. The average Bonchev–Trinajstić information content (AvgIpc) is 3.44. The molecule has 0 saturated heterocycles. The zero-order valence-electron chi connectivity index (χ0n) is 16.3. The van der Waals surface area contributed by atoms with E-state index in [0.29, 0.717) is 23.3 Å². The molecule has 162 valence electrons. The zero-order valence-corrected chi connectivity index (χ0v) is 17.9. The van der Waals surface area contributed by atoms with Gasteiger partial charge in [-0.1, -0.05) is 23.4 Å². The SMILES string of the molecule is O=C(CSc1nnc(-c2cccnc2)n1Cc1ccco1)Nc1ccc(Cl)cc1[N+](=O)[O-]. The first kappa shape index (κ1) is 21.5. The molecule has 0 bridgehead atoms. The highest BCUT2D eigenvalue weighted by Crippen LogP contribution is 2.29. The number of anilines is 1. The Hall–Kier alpha value is -3.70. The quantitative estimate of drug-likeness (QED) is 0.229. The molecule has 12 heteroatoms. The Balaban J connectivity index is 1.53. The Morgan fingerprint density at radius 2 is 2.12 bits per heavy atom.